The van der Waals surface area contributed by atoms with Crippen molar-refractivity contribution < 1.29 is 14.0 Å². The van der Waals surface area contributed by atoms with Gasteiger partial charge in [-0.1, -0.05) is 18.2 Å². The zero-order chi connectivity index (χ0) is 10.1. The molecule has 0 aliphatic rings. The summed E-state index contributed by atoms with van der Waals surface area (Å²) in [6.45, 7) is 0.140. The van der Waals surface area contributed by atoms with Gasteiger partial charge in [-0.15, -0.1) is 0 Å². The molecule has 0 radical (unpaired) electrons. The van der Waals surface area contributed by atoms with Crippen molar-refractivity contribution in [2.45, 2.75) is 0 Å². The van der Waals surface area contributed by atoms with Gasteiger partial charge in [-0.05, 0) is 0 Å². The third kappa shape index (κ3) is 5.63. The van der Waals surface area contributed by atoms with Crippen LogP contribution in [0.3, 0.4) is 0 Å². The highest BCUT2D eigenvalue weighted by Crippen LogP contribution is 2.06. The SMILES string of the molecule is O=COCl.O=[N+]([O-])c1ccccc1. The lowest BCUT2D eigenvalue weighted by Crippen LogP contribution is -1.84. The van der Waals surface area contributed by atoms with Crippen molar-refractivity contribution in [3.63, 3.8) is 0 Å². The Hall–Kier alpha value is -1.62. The third-order valence-corrected chi connectivity index (χ3v) is 1.08. The van der Waals surface area contributed by atoms with Gasteiger partial charge in [0.15, 0.2) is 0 Å². The standard InChI is InChI=1S/C6H5NO2.CHClO2/c8-7(9)6-4-2-1-3-5-6;2-4-1-3/h1-5H;1H. The van der Waals surface area contributed by atoms with Crippen LogP contribution in [-0.2, 0) is 9.08 Å². The van der Waals surface area contributed by atoms with E-state index in [1.165, 1.54) is 12.1 Å². The Morgan fingerprint density at radius 3 is 2.08 bits per heavy atom. The van der Waals surface area contributed by atoms with Crippen molar-refractivity contribution in [2.75, 3.05) is 0 Å². The smallest absolute Gasteiger partial charge is 0.312 e. The molecule has 1 aromatic rings. The molecule has 6 heteroatoms. The molecular formula is C7H6ClNO4. The zero-order valence-corrected chi connectivity index (χ0v) is 7.18. The van der Waals surface area contributed by atoms with Gasteiger partial charge in [-0.3, -0.25) is 14.9 Å². The Morgan fingerprint density at radius 2 is 1.85 bits per heavy atom. The van der Waals surface area contributed by atoms with E-state index in [9.17, 15) is 10.1 Å². The highest BCUT2D eigenvalue weighted by molar-refractivity contribution is 6.10. The fraction of sp³-hybridized carbons (Fsp3) is 0. The number of halogens is 1. The molecule has 0 spiro atoms. The molecule has 0 amide bonds. The van der Waals surface area contributed by atoms with Crippen LogP contribution in [0, 0.1) is 10.1 Å². The Bertz CT molecular complexity index is 264. The minimum absolute atomic E-state index is 0.137. The van der Waals surface area contributed by atoms with Crippen LogP contribution in [0.2, 0.25) is 0 Å². The van der Waals surface area contributed by atoms with Gasteiger partial charge >= 0.3 is 6.47 Å². The topological polar surface area (TPSA) is 69.4 Å². The second-order valence-corrected chi connectivity index (χ2v) is 1.96. The van der Waals surface area contributed by atoms with Gasteiger partial charge in [0.05, 0.1) is 4.92 Å². The molecule has 0 heterocycles. The minimum Gasteiger partial charge on any atom is -0.350 e. The number of hydrogen-bond acceptors (Lipinski definition) is 4. The number of carbonyl (C=O) groups is 1. The maximum absolute atomic E-state index is 10.0. The van der Waals surface area contributed by atoms with Crippen LogP contribution in [0.25, 0.3) is 0 Å². The maximum Gasteiger partial charge on any atom is 0.312 e. The van der Waals surface area contributed by atoms with Gasteiger partial charge < -0.3 is 4.29 Å². The molecule has 0 saturated heterocycles. The molecule has 0 aliphatic heterocycles. The number of nitro groups is 1. The lowest BCUT2D eigenvalue weighted by atomic mass is 10.3. The predicted molar refractivity (Wildman–Crippen MR) is 46.1 cm³/mol. The minimum atomic E-state index is -0.417. The van der Waals surface area contributed by atoms with Crippen molar-refractivity contribution in [2.24, 2.45) is 0 Å². The van der Waals surface area contributed by atoms with E-state index in [1.54, 1.807) is 18.2 Å². The quantitative estimate of drug-likeness (QED) is 0.418. The molecule has 5 nitrogen and oxygen atoms in total. The number of para-hydroxylation sites is 1. The summed E-state index contributed by atoms with van der Waals surface area (Å²) < 4.78 is 3.33. The molecule has 0 atom stereocenters. The van der Waals surface area contributed by atoms with Gasteiger partial charge in [0.2, 0.25) is 0 Å². The monoisotopic (exact) mass is 203 g/mol. The largest absolute Gasteiger partial charge is 0.350 e. The molecule has 0 bridgehead atoms. The van der Waals surface area contributed by atoms with E-state index >= 15 is 0 Å². The zero-order valence-electron chi connectivity index (χ0n) is 6.42. The molecule has 1 aromatic carbocycles. The predicted octanol–water partition coefficient (Wildman–Crippen LogP) is 1.91. The number of rotatable bonds is 2. The molecule has 0 unspecified atom stereocenters. The van der Waals surface area contributed by atoms with Gasteiger partial charge in [0.1, 0.15) is 11.9 Å². The summed E-state index contributed by atoms with van der Waals surface area (Å²) in [5.41, 5.74) is 0.137. The van der Waals surface area contributed by atoms with Crippen molar-refractivity contribution in [1.29, 1.82) is 0 Å². The summed E-state index contributed by atoms with van der Waals surface area (Å²) in [5, 5.41) is 10.0. The maximum atomic E-state index is 10.0. The Morgan fingerprint density at radius 1 is 1.38 bits per heavy atom. The molecule has 1 rings (SSSR count). The van der Waals surface area contributed by atoms with Crippen LogP contribution in [0.5, 0.6) is 0 Å². The van der Waals surface area contributed by atoms with E-state index < -0.39 is 4.92 Å². The second-order valence-electron chi connectivity index (χ2n) is 1.78. The van der Waals surface area contributed by atoms with E-state index in [4.69, 9.17) is 4.79 Å². The molecule has 0 saturated carbocycles. The lowest BCUT2D eigenvalue weighted by Gasteiger charge is -1.85. The normalized spacial score (nSPS) is 7.77. The molecule has 0 N–H and O–H groups in total. The first-order valence-electron chi connectivity index (χ1n) is 3.13. The summed E-state index contributed by atoms with van der Waals surface area (Å²) >= 11 is 4.32. The van der Waals surface area contributed by atoms with E-state index in [1.807, 2.05) is 0 Å². The number of benzene rings is 1. The third-order valence-electron chi connectivity index (χ3n) is 1.00. The first-order valence-corrected chi connectivity index (χ1v) is 3.43. The number of hydrogen-bond donors (Lipinski definition) is 0. The van der Waals surface area contributed by atoms with Crippen LogP contribution in [0.15, 0.2) is 30.3 Å². The summed E-state index contributed by atoms with van der Waals surface area (Å²) in [7, 11) is 0. The number of nitrogens with zero attached hydrogens (tertiary/aromatic N) is 1. The Balaban J connectivity index is 0.000000310. The second kappa shape index (κ2) is 7.05. The lowest BCUT2D eigenvalue weighted by molar-refractivity contribution is -0.384. The fourth-order valence-electron chi connectivity index (χ4n) is 0.550. The highest BCUT2D eigenvalue weighted by atomic mass is 35.5. The Labute approximate surface area is 79.2 Å². The summed E-state index contributed by atoms with van der Waals surface area (Å²) in [5.74, 6) is 0. The first-order chi connectivity index (χ1) is 6.22. The molecule has 13 heavy (non-hydrogen) atoms. The molecule has 0 aliphatic carbocycles. The molecule has 0 fully saturated rings. The van der Waals surface area contributed by atoms with Crippen molar-refractivity contribution in [3.05, 3.63) is 40.4 Å². The van der Waals surface area contributed by atoms with Crippen LogP contribution in [0.4, 0.5) is 5.69 Å². The van der Waals surface area contributed by atoms with Gasteiger partial charge in [-0.2, -0.15) is 0 Å². The molecule has 0 aromatic heterocycles. The van der Waals surface area contributed by atoms with Gasteiger partial charge in [0, 0.05) is 12.1 Å². The fourth-order valence-corrected chi connectivity index (χ4v) is 0.550. The molecule has 70 valence electrons. The summed E-state index contributed by atoms with van der Waals surface area (Å²) in [4.78, 5) is 18.4. The van der Waals surface area contributed by atoms with Gasteiger partial charge in [0.25, 0.3) is 5.69 Å². The highest BCUT2D eigenvalue weighted by Gasteiger charge is 1.98. The van der Waals surface area contributed by atoms with E-state index in [0.717, 1.165) is 0 Å². The summed E-state index contributed by atoms with van der Waals surface area (Å²) in [6, 6.07) is 7.93. The van der Waals surface area contributed by atoms with E-state index in [2.05, 4.69) is 16.2 Å². The average molecular weight is 204 g/mol. The van der Waals surface area contributed by atoms with Crippen LogP contribution in [-0.4, -0.2) is 11.4 Å². The van der Waals surface area contributed by atoms with Crippen molar-refractivity contribution in [3.8, 4) is 0 Å². The summed E-state index contributed by atoms with van der Waals surface area (Å²) in [6.07, 6.45) is 0. The van der Waals surface area contributed by atoms with Gasteiger partial charge in [-0.25, -0.2) is 0 Å². The van der Waals surface area contributed by atoms with Crippen LogP contribution in [0.1, 0.15) is 0 Å². The number of nitro benzene ring substituents is 1. The number of carbonyl (C=O) groups excluding carboxylic acids is 1. The number of non-ortho nitro benzene ring substituents is 1. The van der Waals surface area contributed by atoms with E-state index in [0.29, 0.717) is 0 Å². The average Bonchev–Trinajstić information content (AvgIpc) is 2.19. The van der Waals surface area contributed by atoms with Crippen LogP contribution >= 0.6 is 11.9 Å². The van der Waals surface area contributed by atoms with Crippen LogP contribution < -0.4 is 0 Å². The van der Waals surface area contributed by atoms with E-state index in [-0.39, 0.29) is 12.2 Å². The first kappa shape index (κ1) is 11.4. The van der Waals surface area contributed by atoms with Crippen molar-refractivity contribution in [1.82, 2.24) is 0 Å². The Kier molecular flexibility index (Phi) is 6.17. The van der Waals surface area contributed by atoms with Crippen molar-refractivity contribution >= 4 is 24.0 Å². The molecular weight excluding hydrogens is 198 g/mol.